The molecule has 24 heavy (non-hydrogen) atoms. The first-order valence-corrected chi connectivity index (χ1v) is 10.2. The summed E-state index contributed by atoms with van der Waals surface area (Å²) < 4.78 is 0. The quantitative estimate of drug-likeness (QED) is 0.480. The van der Waals surface area contributed by atoms with Crippen LogP contribution in [0.1, 0.15) is 66.2 Å². The number of fused-ring (bicyclic) bond motifs is 1. The first-order valence-electron chi connectivity index (χ1n) is 9.30. The maximum atomic E-state index is 11.1. The van der Waals surface area contributed by atoms with Gasteiger partial charge in [0.05, 0.1) is 18.3 Å². The maximum absolute atomic E-state index is 11.1. The van der Waals surface area contributed by atoms with Crippen LogP contribution >= 0.6 is 15.9 Å². The fraction of sp³-hybridized carbons (Fsp3) is 0.900. The smallest absolute Gasteiger partial charge is 0.0978 e. The van der Waals surface area contributed by atoms with E-state index in [9.17, 15) is 10.2 Å². The lowest BCUT2D eigenvalue weighted by Crippen LogP contribution is -2.59. The van der Waals surface area contributed by atoms with E-state index < -0.39 is 11.7 Å². The largest absolute Gasteiger partial charge is 0.393 e. The zero-order chi connectivity index (χ0) is 18.3. The van der Waals surface area contributed by atoms with Crippen LogP contribution in [0.4, 0.5) is 0 Å². The predicted octanol–water partition coefficient (Wildman–Crippen LogP) is 4.04. The molecule has 4 heteroatoms. The third kappa shape index (κ3) is 3.49. The Hall–Kier alpha value is 0.1000. The van der Waals surface area contributed by atoms with Gasteiger partial charge in [0.2, 0.25) is 0 Å². The van der Waals surface area contributed by atoms with Crippen LogP contribution < -0.4 is 0 Å². The molecule has 0 saturated heterocycles. The molecule has 2 fully saturated rings. The van der Waals surface area contributed by atoms with E-state index in [0.29, 0.717) is 22.7 Å². The van der Waals surface area contributed by atoms with Crippen molar-refractivity contribution in [2.45, 2.75) is 82.8 Å². The van der Waals surface area contributed by atoms with Crippen molar-refractivity contribution < 1.29 is 15.3 Å². The minimum atomic E-state index is -0.850. The molecular weight excluding hydrogens is 368 g/mol. The van der Waals surface area contributed by atoms with E-state index in [-0.39, 0.29) is 23.4 Å². The normalized spacial score (nSPS) is 43.1. The lowest BCUT2D eigenvalue weighted by molar-refractivity contribution is -0.166. The van der Waals surface area contributed by atoms with Gasteiger partial charge in [0.25, 0.3) is 0 Å². The van der Waals surface area contributed by atoms with Crippen LogP contribution in [0.5, 0.6) is 0 Å². The summed E-state index contributed by atoms with van der Waals surface area (Å²) in [5, 5.41) is 30.0. The fourth-order valence-corrected chi connectivity index (χ4v) is 6.31. The van der Waals surface area contributed by atoms with Gasteiger partial charge in [-0.1, -0.05) is 43.3 Å². The van der Waals surface area contributed by atoms with Gasteiger partial charge in [-0.25, -0.2) is 0 Å². The van der Waals surface area contributed by atoms with E-state index in [4.69, 9.17) is 5.11 Å². The molecule has 1 unspecified atom stereocenters. The molecule has 6 atom stereocenters. The third-order valence-electron chi connectivity index (χ3n) is 7.32. The number of aliphatic hydroxyl groups excluding tert-OH is 2. The zero-order valence-corrected chi connectivity index (χ0v) is 17.3. The molecule has 0 aliphatic heterocycles. The van der Waals surface area contributed by atoms with Crippen LogP contribution in [-0.2, 0) is 0 Å². The number of aliphatic hydroxyl groups is 3. The Bertz CT molecular complexity index is 474. The number of alkyl halides is 1. The molecule has 140 valence electrons. The minimum Gasteiger partial charge on any atom is -0.393 e. The Kier molecular flexibility index (Phi) is 5.97. The molecule has 0 aromatic heterocycles. The van der Waals surface area contributed by atoms with Gasteiger partial charge in [-0.3, -0.25) is 0 Å². The van der Waals surface area contributed by atoms with Gasteiger partial charge >= 0.3 is 0 Å². The van der Waals surface area contributed by atoms with E-state index >= 15 is 0 Å². The van der Waals surface area contributed by atoms with Crippen LogP contribution in [0.25, 0.3) is 0 Å². The van der Waals surface area contributed by atoms with Crippen molar-refractivity contribution in [2.75, 3.05) is 6.61 Å². The molecule has 2 aliphatic carbocycles. The van der Waals surface area contributed by atoms with E-state index in [0.717, 1.165) is 32.1 Å². The van der Waals surface area contributed by atoms with Crippen LogP contribution in [0.15, 0.2) is 12.2 Å². The van der Waals surface area contributed by atoms with Gasteiger partial charge < -0.3 is 15.3 Å². The Morgan fingerprint density at radius 1 is 1.21 bits per heavy atom. The summed E-state index contributed by atoms with van der Waals surface area (Å²) in [6.07, 6.45) is 4.77. The lowest BCUT2D eigenvalue weighted by atomic mass is 9.45. The average molecular weight is 403 g/mol. The van der Waals surface area contributed by atoms with Gasteiger partial charge in [0, 0.05) is 4.83 Å². The molecule has 0 amide bonds. The van der Waals surface area contributed by atoms with Crippen molar-refractivity contribution in [1.82, 2.24) is 0 Å². The summed E-state index contributed by atoms with van der Waals surface area (Å²) in [7, 11) is 0. The van der Waals surface area contributed by atoms with Crippen LogP contribution in [-0.4, -0.2) is 38.5 Å². The summed E-state index contributed by atoms with van der Waals surface area (Å²) in [6.45, 7) is 12.7. The second kappa shape index (κ2) is 7.02. The molecule has 2 aliphatic rings. The Morgan fingerprint density at radius 2 is 1.83 bits per heavy atom. The van der Waals surface area contributed by atoms with Gasteiger partial charge in [0.1, 0.15) is 0 Å². The molecule has 0 heterocycles. The second-order valence-corrected chi connectivity index (χ2v) is 10.3. The average Bonchev–Trinajstić information content (AvgIpc) is 2.49. The molecule has 3 N–H and O–H groups in total. The zero-order valence-electron chi connectivity index (χ0n) is 15.7. The molecule has 0 spiro atoms. The first-order chi connectivity index (χ1) is 11.0. The summed E-state index contributed by atoms with van der Waals surface area (Å²) in [5.74, 6) is 0.759. The number of rotatable bonds is 5. The van der Waals surface area contributed by atoms with Gasteiger partial charge in [-0.05, 0) is 73.7 Å². The molecule has 3 nitrogen and oxygen atoms in total. The van der Waals surface area contributed by atoms with E-state index in [1.807, 2.05) is 6.92 Å². The molecule has 0 radical (unpaired) electrons. The summed E-state index contributed by atoms with van der Waals surface area (Å²) in [4.78, 5) is 0.526. The Morgan fingerprint density at radius 3 is 2.42 bits per heavy atom. The fourth-order valence-electron chi connectivity index (χ4n) is 5.76. The van der Waals surface area contributed by atoms with Crippen molar-refractivity contribution in [2.24, 2.45) is 22.7 Å². The number of hydrogen-bond acceptors (Lipinski definition) is 3. The lowest BCUT2D eigenvalue weighted by Gasteiger charge is -2.62. The van der Waals surface area contributed by atoms with Crippen molar-refractivity contribution in [1.29, 1.82) is 0 Å². The molecule has 0 aromatic rings. The number of hydrogen-bond donors (Lipinski definition) is 3. The van der Waals surface area contributed by atoms with Gasteiger partial charge in [-0.2, -0.15) is 0 Å². The highest BCUT2D eigenvalue weighted by Crippen LogP contribution is 2.64. The van der Waals surface area contributed by atoms with Crippen molar-refractivity contribution in [3.05, 3.63) is 12.2 Å². The summed E-state index contributed by atoms with van der Waals surface area (Å²) in [6, 6.07) is 0. The van der Waals surface area contributed by atoms with Crippen LogP contribution in [0.2, 0.25) is 0 Å². The van der Waals surface area contributed by atoms with Crippen molar-refractivity contribution in [3.8, 4) is 0 Å². The Labute approximate surface area is 155 Å². The summed E-state index contributed by atoms with van der Waals surface area (Å²) in [5.41, 5.74) is 0.307. The van der Waals surface area contributed by atoms with Crippen molar-refractivity contribution in [3.63, 3.8) is 0 Å². The first kappa shape index (κ1) is 20.4. The molecular formula is C20H35BrO3. The second-order valence-electron chi connectivity index (χ2n) is 9.23. The molecule has 2 rings (SSSR count). The standard InChI is InChI=1S/C20H35BrO3/c1-13(14(23)12-22)6-7-16-19(4)10-9-17(21)18(2,3)15(19)8-11-20(16,5)24/h14-17,22-24H,1,6-12H2,2-5H3/t14?,15-,16+,17-,19-,20-/m1/s1. The highest BCUT2D eigenvalue weighted by molar-refractivity contribution is 9.09. The minimum absolute atomic E-state index is 0.0972. The molecule has 0 bridgehead atoms. The third-order valence-corrected chi connectivity index (χ3v) is 8.96. The van der Waals surface area contributed by atoms with Crippen molar-refractivity contribution >= 4 is 15.9 Å². The highest BCUT2D eigenvalue weighted by Gasteiger charge is 2.59. The monoisotopic (exact) mass is 402 g/mol. The topological polar surface area (TPSA) is 60.7 Å². The van der Waals surface area contributed by atoms with Gasteiger partial charge in [-0.15, -0.1) is 0 Å². The van der Waals surface area contributed by atoms with Crippen LogP contribution in [0, 0.1) is 22.7 Å². The maximum Gasteiger partial charge on any atom is 0.0978 e. The SMILES string of the molecule is C=C(CC[C@H]1[C@]2(C)CC[C@@H](Br)C(C)(C)[C@H]2CC[C@@]1(C)O)C(O)CO. The predicted molar refractivity (Wildman–Crippen MR) is 102 cm³/mol. The van der Waals surface area contributed by atoms with E-state index in [1.54, 1.807) is 0 Å². The molecule has 0 aromatic carbocycles. The number of halogens is 1. The van der Waals surface area contributed by atoms with Crippen LogP contribution in [0.3, 0.4) is 0 Å². The van der Waals surface area contributed by atoms with E-state index in [2.05, 4.69) is 43.3 Å². The van der Waals surface area contributed by atoms with E-state index in [1.165, 1.54) is 0 Å². The van der Waals surface area contributed by atoms with Gasteiger partial charge in [0.15, 0.2) is 0 Å². The molecule has 2 saturated carbocycles. The summed E-state index contributed by atoms with van der Waals surface area (Å²) >= 11 is 3.90. The Balaban J connectivity index is 2.24. The highest BCUT2D eigenvalue weighted by atomic mass is 79.9.